The molecule has 34 heavy (non-hydrogen) atoms. The van der Waals surface area contributed by atoms with Crippen molar-refractivity contribution in [2.45, 2.75) is 19.8 Å². The van der Waals surface area contributed by atoms with E-state index in [1.807, 2.05) is 30.3 Å². The summed E-state index contributed by atoms with van der Waals surface area (Å²) in [5.74, 6) is -1.29. The number of esters is 2. The molecule has 0 N–H and O–H groups in total. The number of benzene rings is 2. The third-order valence-corrected chi connectivity index (χ3v) is 6.12. The second kappa shape index (κ2) is 10.7. The number of amides is 1. The summed E-state index contributed by atoms with van der Waals surface area (Å²) in [7, 11) is 0. The number of nitrogens with zero attached hydrogens (tertiary/aromatic N) is 2. The van der Waals surface area contributed by atoms with Crippen LogP contribution in [0, 0.1) is 5.92 Å². The summed E-state index contributed by atoms with van der Waals surface area (Å²) in [6.45, 7) is 2.61. The van der Waals surface area contributed by atoms with Crippen LogP contribution in [0.5, 0.6) is 0 Å². The maximum absolute atomic E-state index is 13.0. The molecule has 1 aromatic heterocycles. The second-order valence-corrected chi connectivity index (χ2v) is 8.50. The van der Waals surface area contributed by atoms with Crippen molar-refractivity contribution in [1.82, 2.24) is 9.88 Å². The molecule has 2 heterocycles. The van der Waals surface area contributed by atoms with Crippen LogP contribution in [-0.2, 0) is 19.1 Å². The van der Waals surface area contributed by atoms with Gasteiger partial charge in [0.05, 0.1) is 29.3 Å². The molecule has 0 unspecified atom stereocenters. The molecule has 3 aromatic rings. The summed E-state index contributed by atoms with van der Waals surface area (Å²) in [6, 6.07) is 16.1. The number of hydrogen-bond acceptors (Lipinski definition) is 6. The van der Waals surface area contributed by atoms with Crippen molar-refractivity contribution in [2.24, 2.45) is 5.92 Å². The van der Waals surface area contributed by atoms with Gasteiger partial charge < -0.3 is 14.4 Å². The number of rotatable bonds is 6. The van der Waals surface area contributed by atoms with E-state index in [4.69, 9.17) is 21.1 Å². The van der Waals surface area contributed by atoms with Crippen molar-refractivity contribution >= 4 is 40.3 Å². The fraction of sp³-hybridized carbons (Fsp3) is 0.308. The number of likely N-dealkylation sites (tertiary alicyclic amines) is 1. The van der Waals surface area contributed by atoms with Gasteiger partial charge in [0.25, 0.3) is 5.91 Å². The number of fused-ring (bicyclic) bond motifs is 1. The molecule has 0 atom stereocenters. The highest BCUT2D eigenvalue weighted by Gasteiger charge is 2.28. The van der Waals surface area contributed by atoms with Crippen molar-refractivity contribution in [3.63, 3.8) is 0 Å². The monoisotopic (exact) mass is 480 g/mol. The number of halogens is 1. The normalized spacial score (nSPS) is 14.1. The summed E-state index contributed by atoms with van der Waals surface area (Å²) in [5, 5.41) is 1.25. The Bertz CT molecular complexity index is 1200. The lowest BCUT2D eigenvalue weighted by molar-refractivity contribution is -0.151. The Balaban J connectivity index is 1.45. The standard InChI is InChI=1S/C26H25ClN2O5/c1-2-33-25(31)18-11-13-29(14-12-18)24(30)16-34-26(32)21-15-23(17-7-9-19(27)10-8-17)28-22-6-4-3-5-20(21)22/h3-10,15,18H,2,11-14,16H2,1H3. The fourth-order valence-corrected chi connectivity index (χ4v) is 4.16. The van der Waals surface area contributed by atoms with Crippen molar-refractivity contribution in [2.75, 3.05) is 26.3 Å². The first-order chi connectivity index (χ1) is 16.5. The Hall–Kier alpha value is -3.45. The lowest BCUT2D eigenvalue weighted by atomic mass is 9.97. The zero-order valence-corrected chi connectivity index (χ0v) is 19.6. The molecule has 4 rings (SSSR count). The van der Waals surface area contributed by atoms with E-state index in [0.29, 0.717) is 59.7 Å². The molecule has 0 saturated carbocycles. The minimum Gasteiger partial charge on any atom is -0.466 e. The van der Waals surface area contributed by atoms with Gasteiger partial charge >= 0.3 is 11.9 Å². The Kier molecular flexibility index (Phi) is 7.43. The number of ether oxygens (including phenoxy) is 2. The lowest BCUT2D eigenvalue weighted by Gasteiger charge is -2.30. The molecule has 0 aliphatic carbocycles. The Morgan fingerprint density at radius 3 is 2.44 bits per heavy atom. The molecule has 1 fully saturated rings. The number of para-hydroxylation sites is 1. The third-order valence-electron chi connectivity index (χ3n) is 5.87. The van der Waals surface area contributed by atoms with Crippen LogP contribution in [0.15, 0.2) is 54.6 Å². The van der Waals surface area contributed by atoms with Crippen LogP contribution in [-0.4, -0.2) is 54.0 Å². The topological polar surface area (TPSA) is 85.8 Å². The number of pyridine rings is 1. The van der Waals surface area contributed by atoms with Crippen LogP contribution in [0.1, 0.15) is 30.1 Å². The fourth-order valence-electron chi connectivity index (χ4n) is 4.03. The largest absolute Gasteiger partial charge is 0.466 e. The summed E-state index contributed by atoms with van der Waals surface area (Å²) in [4.78, 5) is 43.8. The Morgan fingerprint density at radius 2 is 1.74 bits per heavy atom. The van der Waals surface area contributed by atoms with Crippen molar-refractivity contribution in [3.05, 3.63) is 65.2 Å². The number of piperidine rings is 1. The number of carbonyl (C=O) groups is 3. The number of carbonyl (C=O) groups excluding carboxylic acids is 3. The molecule has 1 amide bonds. The summed E-state index contributed by atoms with van der Waals surface area (Å²) in [6.07, 6.45) is 1.08. The Morgan fingerprint density at radius 1 is 1.03 bits per heavy atom. The van der Waals surface area contributed by atoms with Gasteiger partial charge in [-0.3, -0.25) is 9.59 Å². The SMILES string of the molecule is CCOC(=O)C1CCN(C(=O)COC(=O)c2cc(-c3ccc(Cl)cc3)nc3ccccc23)CC1. The van der Waals surface area contributed by atoms with Crippen LogP contribution in [0.4, 0.5) is 0 Å². The van der Waals surface area contributed by atoms with Gasteiger partial charge in [0.2, 0.25) is 0 Å². The smallest absolute Gasteiger partial charge is 0.339 e. The zero-order chi connectivity index (χ0) is 24.1. The first-order valence-corrected chi connectivity index (χ1v) is 11.6. The molecule has 2 aromatic carbocycles. The zero-order valence-electron chi connectivity index (χ0n) is 18.8. The van der Waals surface area contributed by atoms with E-state index < -0.39 is 5.97 Å². The molecular formula is C26H25ClN2O5. The highest BCUT2D eigenvalue weighted by molar-refractivity contribution is 6.30. The van der Waals surface area contributed by atoms with Crippen LogP contribution in [0.3, 0.4) is 0 Å². The number of aromatic nitrogens is 1. The minimum absolute atomic E-state index is 0.193. The van der Waals surface area contributed by atoms with E-state index >= 15 is 0 Å². The highest BCUT2D eigenvalue weighted by Crippen LogP contribution is 2.26. The van der Waals surface area contributed by atoms with Gasteiger partial charge in [-0.25, -0.2) is 9.78 Å². The molecule has 176 valence electrons. The molecule has 0 bridgehead atoms. The first-order valence-electron chi connectivity index (χ1n) is 11.2. The predicted octanol–water partition coefficient (Wildman–Crippen LogP) is 4.51. The average Bonchev–Trinajstić information content (AvgIpc) is 2.87. The molecule has 0 radical (unpaired) electrons. The van der Waals surface area contributed by atoms with Crippen LogP contribution in [0.25, 0.3) is 22.2 Å². The lowest BCUT2D eigenvalue weighted by Crippen LogP contribution is -2.42. The first kappa shape index (κ1) is 23.7. The van der Waals surface area contributed by atoms with Gasteiger partial charge in [-0.1, -0.05) is 41.9 Å². The summed E-state index contributed by atoms with van der Waals surface area (Å²) >= 11 is 5.99. The van der Waals surface area contributed by atoms with Gasteiger partial charge in [-0.2, -0.15) is 0 Å². The molecular weight excluding hydrogens is 456 g/mol. The van der Waals surface area contributed by atoms with E-state index in [1.54, 1.807) is 36.1 Å². The minimum atomic E-state index is -0.594. The number of hydrogen-bond donors (Lipinski definition) is 0. The van der Waals surface area contributed by atoms with Gasteiger partial charge in [0, 0.05) is 29.1 Å². The van der Waals surface area contributed by atoms with Crippen LogP contribution < -0.4 is 0 Å². The van der Waals surface area contributed by atoms with Crippen LogP contribution >= 0.6 is 11.6 Å². The van der Waals surface area contributed by atoms with Crippen molar-refractivity contribution < 1.29 is 23.9 Å². The van der Waals surface area contributed by atoms with E-state index in [-0.39, 0.29) is 24.4 Å². The average molecular weight is 481 g/mol. The van der Waals surface area contributed by atoms with Crippen LogP contribution in [0.2, 0.25) is 5.02 Å². The predicted molar refractivity (Wildman–Crippen MR) is 128 cm³/mol. The third kappa shape index (κ3) is 5.37. The van der Waals surface area contributed by atoms with Gasteiger partial charge in [0.15, 0.2) is 6.61 Å². The summed E-state index contributed by atoms with van der Waals surface area (Å²) in [5.41, 5.74) is 2.40. The van der Waals surface area contributed by atoms with Crippen molar-refractivity contribution in [3.8, 4) is 11.3 Å². The van der Waals surface area contributed by atoms with Gasteiger partial charge in [-0.15, -0.1) is 0 Å². The van der Waals surface area contributed by atoms with E-state index in [1.165, 1.54) is 0 Å². The summed E-state index contributed by atoms with van der Waals surface area (Å²) < 4.78 is 10.5. The van der Waals surface area contributed by atoms with E-state index in [9.17, 15) is 14.4 Å². The Labute approximate surface area is 202 Å². The molecule has 1 saturated heterocycles. The maximum Gasteiger partial charge on any atom is 0.339 e. The highest BCUT2D eigenvalue weighted by atomic mass is 35.5. The maximum atomic E-state index is 13.0. The molecule has 7 nitrogen and oxygen atoms in total. The van der Waals surface area contributed by atoms with Gasteiger partial charge in [-0.05, 0) is 44.0 Å². The molecule has 1 aliphatic heterocycles. The molecule has 0 spiro atoms. The molecule has 1 aliphatic rings. The molecule has 8 heteroatoms. The second-order valence-electron chi connectivity index (χ2n) is 8.06. The van der Waals surface area contributed by atoms with E-state index in [2.05, 4.69) is 4.98 Å². The van der Waals surface area contributed by atoms with Crippen molar-refractivity contribution in [1.29, 1.82) is 0 Å². The van der Waals surface area contributed by atoms with E-state index in [0.717, 1.165) is 5.56 Å². The quantitative estimate of drug-likeness (QED) is 0.482. The van der Waals surface area contributed by atoms with Gasteiger partial charge in [0.1, 0.15) is 0 Å².